The van der Waals surface area contributed by atoms with E-state index < -0.39 is 0 Å². The Hall–Kier alpha value is -3.33. The first-order chi connectivity index (χ1) is 15.5. The average Bonchev–Trinajstić information content (AvgIpc) is 3.54. The summed E-state index contributed by atoms with van der Waals surface area (Å²) in [5, 5.41) is 13.8. The highest BCUT2D eigenvalue weighted by atomic mass is 32.2. The molecule has 3 heterocycles. The maximum absolute atomic E-state index is 12.8. The van der Waals surface area contributed by atoms with Crippen LogP contribution in [0.2, 0.25) is 0 Å². The summed E-state index contributed by atoms with van der Waals surface area (Å²) in [6.45, 7) is 5.18. The molecule has 9 heteroatoms. The van der Waals surface area contributed by atoms with Crippen LogP contribution in [0.1, 0.15) is 36.9 Å². The molecular weight excluding hydrogens is 424 g/mol. The number of carbonyl (C=O) groups excluding carboxylic acids is 1. The van der Waals surface area contributed by atoms with Gasteiger partial charge < -0.3 is 9.32 Å². The summed E-state index contributed by atoms with van der Waals surface area (Å²) in [5.41, 5.74) is 1.96. The second kappa shape index (κ2) is 9.86. The van der Waals surface area contributed by atoms with Crippen LogP contribution in [-0.2, 0) is 17.9 Å². The van der Waals surface area contributed by atoms with Gasteiger partial charge in [-0.3, -0.25) is 9.36 Å². The summed E-state index contributed by atoms with van der Waals surface area (Å²) < 4.78 is 9.32. The summed E-state index contributed by atoms with van der Waals surface area (Å²) in [6, 6.07) is 13.7. The molecule has 0 spiro atoms. The minimum absolute atomic E-state index is 0.0149. The number of carbonyl (C=O) groups is 1. The molecule has 1 aromatic carbocycles. The van der Waals surface area contributed by atoms with Crippen molar-refractivity contribution in [1.82, 2.24) is 29.4 Å². The fraction of sp³-hybridized carbons (Fsp3) is 0.304. The van der Waals surface area contributed by atoms with Gasteiger partial charge >= 0.3 is 0 Å². The molecule has 0 N–H and O–H groups in total. The topological polar surface area (TPSA) is 82.0 Å². The molecule has 8 nitrogen and oxygen atoms in total. The van der Waals surface area contributed by atoms with Gasteiger partial charge in [-0.05, 0) is 24.3 Å². The Kier molecular flexibility index (Phi) is 6.75. The smallest absolute Gasteiger partial charge is 0.233 e. The highest BCUT2D eigenvalue weighted by Crippen LogP contribution is 2.23. The van der Waals surface area contributed by atoms with E-state index >= 15 is 0 Å². The Bertz CT molecular complexity index is 1150. The largest absolute Gasteiger partial charge is 0.467 e. The van der Waals surface area contributed by atoms with E-state index in [4.69, 9.17) is 4.42 Å². The van der Waals surface area contributed by atoms with Crippen LogP contribution in [0.4, 0.5) is 0 Å². The molecule has 3 aromatic heterocycles. The van der Waals surface area contributed by atoms with Crippen molar-refractivity contribution < 1.29 is 9.21 Å². The molecule has 4 rings (SSSR count). The van der Waals surface area contributed by atoms with Crippen LogP contribution in [0.3, 0.4) is 0 Å². The molecule has 0 saturated heterocycles. The number of hydrogen-bond donors (Lipinski definition) is 0. The third kappa shape index (κ3) is 5.11. The number of amides is 1. The van der Waals surface area contributed by atoms with Gasteiger partial charge in [0.15, 0.2) is 5.16 Å². The summed E-state index contributed by atoms with van der Waals surface area (Å²) in [6.07, 6.45) is 5.39. The maximum atomic E-state index is 12.8. The lowest BCUT2D eigenvalue weighted by Gasteiger charge is -2.16. The fourth-order valence-electron chi connectivity index (χ4n) is 3.30. The van der Waals surface area contributed by atoms with Crippen molar-refractivity contribution in [3.8, 4) is 5.69 Å². The molecule has 0 aliphatic carbocycles. The number of furan rings is 1. The van der Waals surface area contributed by atoms with E-state index in [1.165, 1.54) is 11.8 Å². The van der Waals surface area contributed by atoms with Crippen LogP contribution in [0.15, 0.2) is 70.7 Å². The van der Waals surface area contributed by atoms with E-state index in [1.807, 2.05) is 57.9 Å². The van der Waals surface area contributed by atoms with Gasteiger partial charge in [0.2, 0.25) is 5.91 Å². The lowest BCUT2D eigenvalue weighted by molar-refractivity contribution is -0.127. The zero-order valence-electron chi connectivity index (χ0n) is 18.4. The summed E-state index contributed by atoms with van der Waals surface area (Å²) >= 11 is 1.39. The summed E-state index contributed by atoms with van der Waals surface area (Å²) in [5.74, 6) is 2.20. The number of para-hydroxylation sites is 1. The van der Waals surface area contributed by atoms with Crippen LogP contribution in [0.25, 0.3) is 5.69 Å². The van der Waals surface area contributed by atoms with Crippen LogP contribution >= 0.6 is 11.8 Å². The van der Waals surface area contributed by atoms with Gasteiger partial charge in [-0.1, -0.05) is 43.8 Å². The lowest BCUT2D eigenvalue weighted by atomic mass is 10.2. The fourth-order valence-corrected chi connectivity index (χ4v) is 4.19. The quantitative estimate of drug-likeness (QED) is 0.359. The second-order valence-corrected chi connectivity index (χ2v) is 8.77. The van der Waals surface area contributed by atoms with Crippen molar-refractivity contribution >= 4 is 17.7 Å². The van der Waals surface area contributed by atoms with Crippen LogP contribution < -0.4 is 0 Å². The molecule has 166 valence electrons. The molecule has 0 fully saturated rings. The second-order valence-electron chi connectivity index (χ2n) is 7.83. The number of aromatic nitrogens is 5. The van der Waals surface area contributed by atoms with E-state index in [-0.39, 0.29) is 17.6 Å². The zero-order valence-corrected chi connectivity index (χ0v) is 19.2. The van der Waals surface area contributed by atoms with Crippen LogP contribution in [0.5, 0.6) is 0 Å². The molecule has 0 aliphatic heterocycles. The van der Waals surface area contributed by atoms with E-state index in [2.05, 4.69) is 29.1 Å². The normalized spacial score (nSPS) is 11.2. The average molecular weight is 451 g/mol. The van der Waals surface area contributed by atoms with Crippen molar-refractivity contribution in [2.45, 2.75) is 38.0 Å². The third-order valence-corrected chi connectivity index (χ3v) is 5.93. The first-order valence-corrected chi connectivity index (χ1v) is 11.4. The van der Waals surface area contributed by atoms with Crippen molar-refractivity contribution in [1.29, 1.82) is 0 Å². The van der Waals surface area contributed by atoms with Gasteiger partial charge in [0, 0.05) is 31.3 Å². The molecule has 32 heavy (non-hydrogen) atoms. The molecule has 0 atom stereocenters. The number of nitrogens with zero attached hydrogens (tertiary/aromatic N) is 6. The van der Waals surface area contributed by atoms with Crippen molar-refractivity contribution in [2.24, 2.45) is 0 Å². The highest BCUT2D eigenvalue weighted by Gasteiger charge is 2.19. The number of thioether (sulfide) groups is 1. The zero-order chi connectivity index (χ0) is 22.5. The Morgan fingerprint density at radius 1 is 1.16 bits per heavy atom. The van der Waals surface area contributed by atoms with Gasteiger partial charge in [0.25, 0.3) is 0 Å². The Labute approximate surface area is 191 Å². The molecule has 4 aromatic rings. The summed E-state index contributed by atoms with van der Waals surface area (Å²) in [4.78, 5) is 14.5. The molecule has 0 radical (unpaired) electrons. The van der Waals surface area contributed by atoms with E-state index in [1.54, 1.807) is 24.4 Å². The Morgan fingerprint density at radius 3 is 2.69 bits per heavy atom. The van der Waals surface area contributed by atoms with Gasteiger partial charge in [0.1, 0.15) is 11.6 Å². The van der Waals surface area contributed by atoms with E-state index in [9.17, 15) is 4.79 Å². The number of benzene rings is 1. The Balaban J connectivity index is 1.38. The molecular formula is C23H26N6O2S. The standard InChI is InChI=1S/C23H26N6O2S/c1-17(2)22-25-26-23(28(22)15-20-10-7-11-31-20)32-16-21(30)27(3)13-18-12-24-29(14-18)19-8-5-4-6-9-19/h4-12,14,17H,13,15-16H2,1-3H3. The minimum Gasteiger partial charge on any atom is -0.467 e. The minimum atomic E-state index is 0.0149. The molecule has 0 aliphatic rings. The summed E-state index contributed by atoms with van der Waals surface area (Å²) in [7, 11) is 1.80. The van der Waals surface area contributed by atoms with Crippen molar-refractivity contribution in [3.63, 3.8) is 0 Å². The highest BCUT2D eigenvalue weighted by molar-refractivity contribution is 7.99. The van der Waals surface area contributed by atoms with Gasteiger partial charge in [0.05, 0.1) is 30.4 Å². The van der Waals surface area contributed by atoms with E-state index in [0.29, 0.717) is 18.2 Å². The van der Waals surface area contributed by atoms with Crippen LogP contribution in [0, 0.1) is 0 Å². The maximum Gasteiger partial charge on any atom is 0.233 e. The molecule has 0 unspecified atom stereocenters. The Morgan fingerprint density at radius 2 is 1.97 bits per heavy atom. The predicted octanol–water partition coefficient (Wildman–Crippen LogP) is 3.98. The molecule has 1 amide bonds. The van der Waals surface area contributed by atoms with Gasteiger partial charge in [-0.2, -0.15) is 5.10 Å². The van der Waals surface area contributed by atoms with Gasteiger partial charge in [-0.15, -0.1) is 10.2 Å². The first kappa shape index (κ1) is 21.9. The van der Waals surface area contributed by atoms with Crippen LogP contribution in [-0.4, -0.2) is 48.2 Å². The first-order valence-electron chi connectivity index (χ1n) is 10.4. The number of rotatable bonds is 9. The molecule has 0 bridgehead atoms. The monoisotopic (exact) mass is 450 g/mol. The predicted molar refractivity (Wildman–Crippen MR) is 123 cm³/mol. The van der Waals surface area contributed by atoms with Crippen molar-refractivity contribution in [3.05, 3.63) is 78.3 Å². The van der Waals surface area contributed by atoms with Gasteiger partial charge in [-0.25, -0.2) is 4.68 Å². The third-order valence-electron chi connectivity index (χ3n) is 4.98. The number of hydrogen-bond acceptors (Lipinski definition) is 6. The van der Waals surface area contributed by atoms with Crippen molar-refractivity contribution in [2.75, 3.05) is 12.8 Å². The molecule has 0 saturated carbocycles. The lowest BCUT2D eigenvalue weighted by Crippen LogP contribution is -2.27. The SMILES string of the molecule is CC(C)c1nnc(SCC(=O)N(C)Cc2cnn(-c3ccccc3)c2)n1Cc1ccco1. The van der Waals surface area contributed by atoms with E-state index in [0.717, 1.165) is 22.8 Å².